The van der Waals surface area contributed by atoms with Crippen molar-refractivity contribution < 1.29 is 15.0 Å². The van der Waals surface area contributed by atoms with Gasteiger partial charge in [0, 0.05) is 6.54 Å². The summed E-state index contributed by atoms with van der Waals surface area (Å²) in [5, 5.41) is 24.0. The van der Waals surface area contributed by atoms with Crippen LogP contribution < -0.4 is 10.9 Å². The van der Waals surface area contributed by atoms with Crippen LogP contribution >= 0.6 is 11.3 Å². The van der Waals surface area contributed by atoms with E-state index in [9.17, 15) is 19.8 Å². The lowest BCUT2D eigenvalue weighted by Crippen LogP contribution is -2.36. The second-order valence-electron chi connectivity index (χ2n) is 5.79. The summed E-state index contributed by atoms with van der Waals surface area (Å²) in [7, 11) is 0. The lowest BCUT2D eigenvalue weighted by Gasteiger charge is -2.13. The number of nitrogens with one attached hydrogen (secondary N) is 1. The summed E-state index contributed by atoms with van der Waals surface area (Å²) in [6, 6.07) is 11.2. The maximum atomic E-state index is 12.9. The van der Waals surface area contributed by atoms with Crippen LogP contribution in [0.15, 0.2) is 46.6 Å². The normalized spacial score (nSPS) is 12.2. The zero-order chi connectivity index (χ0) is 18.0. The number of aliphatic hydroxyl groups excluding tert-OH is 1. The zero-order valence-electron chi connectivity index (χ0n) is 13.6. The van der Waals surface area contributed by atoms with Gasteiger partial charge in [0.15, 0.2) is 5.75 Å². The van der Waals surface area contributed by atoms with E-state index in [2.05, 4.69) is 5.32 Å². The summed E-state index contributed by atoms with van der Waals surface area (Å²) >= 11 is 1.26. The van der Waals surface area contributed by atoms with Crippen molar-refractivity contribution in [3.05, 3.63) is 63.3 Å². The molecule has 3 N–H and O–H groups in total. The van der Waals surface area contributed by atoms with Crippen molar-refractivity contribution >= 4 is 27.5 Å². The van der Waals surface area contributed by atoms with Gasteiger partial charge in [0.1, 0.15) is 5.56 Å². The molecule has 0 saturated heterocycles. The first-order valence-electron chi connectivity index (χ1n) is 7.82. The van der Waals surface area contributed by atoms with Crippen LogP contribution in [-0.4, -0.2) is 33.3 Å². The predicted molar refractivity (Wildman–Crippen MR) is 97.3 cm³/mol. The highest BCUT2D eigenvalue weighted by atomic mass is 32.1. The third-order valence-electron chi connectivity index (χ3n) is 3.81. The van der Waals surface area contributed by atoms with Gasteiger partial charge in [0.05, 0.1) is 22.9 Å². The zero-order valence-corrected chi connectivity index (χ0v) is 14.4. The Morgan fingerprint density at radius 3 is 2.68 bits per heavy atom. The summed E-state index contributed by atoms with van der Waals surface area (Å²) < 4.78 is 1.97. The van der Waals surface area contributed by atoms with Crippen LogP contribution in [0.2, 0.25) is 0 Å². The van der Waals surface area contributed by atoms with E-state index >= 15 is 0 Å². The largest absolute Gasteiger partial charge is 0.505 e. The molecular formula is C18H18N2O4S. The Balaban J connectivity index is 2.12. The Labute approximate surface area is 148 Å². The molecular weight excluding hydrogens is 340 g/mol. The smallest absolute Gasteiger partial charge is 0.268 e. The molecule has 7 heteroatoms. The Hall–Kier alpha value is -2.64. The minimum atomic E-state index is -0.747. The molecule has 3 rings (SSSR count). The number of thiophene rings is 1. The van der Waals surface area contributed by atoms with Gasteiger partial charge in [-0.2, -0.15) is 0 Å². The van der Waals surface area contributed by atoms with Crippen LogP contribution in [0.3, 0.4) is 0 Å². The molecule has 0 fully saturated rings. The molecule has 1 amide bonds. The van der Waals surface area contributed by atoms with E-state index in [0.717, 1.165) is 5.56 Å². The summed E-state index contributed by atoms with van der Waals surface area (Å²) in [6.45, 7) is 1.82. The topological polar surface area (TPSA) is 91.6 Å². The van der Waals surface area contributed by atoms with Gasteiger partial charge in [-0.15, -0.1) is 11.3 Å². The van der Waals surface area contributed by atoms with Crippen molar-refractivity contribution in [1.82, 2.24) is 9.88 Å². The molecule has 1 unspecified atom stereocenters. The second kappa shape index (κ2) is 7.08. The number of pyridine rings is 1. The molecule has 0 spiro atoms. The van der Waals surface area contributed by atoms with E-state index < -0.39 is 17.6 Å². The molecule has 0 aliphatic heterocycles. The third-order valence-corrected chi connectivity index (χ3v) is 4.73. The van der Waals surface area contributed by atoms with Gasteiger partial charge in [-0.05, 0) is 23.9 Å². The van der Waals surface area contributed by atoms with Crippen molar-refractivity contribution in [3.63, 3.8) is 0 Å². The van der Waals surface area contributed by atoms with Gasteiger partial charge in [-0.25, -0.2) is 0 Å². The molecule has 0 aliphatic rings. The Bertz CT molecular complexity index is 960. The van der Waals surface area contributed by atoms with Gasteiger partial charge in [0.2, 0.25) is 0 Å². The second-order valence-corrected chi connectivity index (χ2v) is 6.71. The van der Waals surface area contributed by atoms with Crippen LogP contribution in [-0.2, 0) is 6.54 Å². The number of carbonyl (C=O) groups excluding carboxylic acids is 1. The van der Waals surface area contributed by atoms with Crippen LogP contribution in [0.4, 0.5) is 0 Å². The van der Waals surface area contributed by atoms with Crippen molar-refractivity contribution in [1.29, 1.82) is 0 Å². The standard InChI is InChI=1S/C18H18N2O4S/c1-11(21)9-19-17(23)14-15(22)16-13(7-8-25-16)20(18(14)24)10-12-5-3-2-4-6-12/h2-8,11,21-22H,9-10H2,1H3,(H,19,23). The summed E-state index contributed by atoms with van der Waals surface area (Å²) in [4.78, 5) is 25.2. The predicted octanol–water partition coefficient (Wildman–Crippen LogP) is 1.93. The minimum Gasteiger partial charge on any atom is -0.505 e. The first-order valence-corrected chi connectivity index (χ1v) is 8.70. The fourth-order valence-corrected chi connectivity index (χ4v) is 3.45. The van der Waals surface area contributed by atoms with E-state index in [1.54, 1.807) is 11.4 Å². The molecule has 2 heterocycles. The maximum Gasteiger partial charge on any atom is 0.268 e. The van der Waals surface area contributed by atoms with Gasteiger partial charge in [0.25, 0.3) is 11.5 Å². The van der Waals surface area contributed by atoms with Gasteiger partial charge >= 0.3 is 0 Å². The van der Waals surface area contributed by atoms with Crippen LogP contribution in [0.1, 0.15) is 22.8 Å². The van der Waals surface area contributed by atoms with E-state index in [-0.39, 0.29) is 17.9 Å². The average molecular weight is 358 g/mol. The summed E-state index contributed by atoms with van der Waals surface area (Å²) in [5.74, 6) is -1.01. The fourth-order valence-electron chi connectivity index (χ4n) is 2.61. The number of benzene rings is 1. The third kappa shape index (κ3) is 3.42. The van der Waals surface area contributed by atoms with E-state index in [1.165, 1.54) is 22.8 Å². The lowest BCUT2D eigenvalue weighted by molar-refractivity contribution is 0.0919. The highest BCUT2D eigenvalue weighted by Gasteiger charge is 2.23. The molecule has 0 aliphatic carbocycles. The minimum absolute atomic E-state index is 0.00111. The quantitative estimate of drug-likeness (QED) is 0.650. The van der Waals surface area contributed by atoms with Crippen LogP contribution in [0, 0.1) is 0 Å². The van der Waals surface area contributed by atoms with E-state index in [4.69, 9.17) is 0 Å². The summed E-state index contributed by atoms with van der Waals surface area (Å²) in [6.07, 6.45) is -0.747. The number of aromatic hydroxyl groups is 1. The molecule has 130 valence electrons. The maximum absolute atomic E-state index is 12.9. The fraction of sp³-hybridized carbons (Fsp3) is 0.222. The molecule has 6 nitrogen and oxygen atoms in total. The number of amides is 1. The number of hydrogen-bond donors (Lipinski definition) is 3. The Morgan fingerprint density at radius 2 is 2.00 bits per heavy atom. The van der Waals surface area contributed by atoms with Crippen LogP contribution in [0.5, 0.6) is 5.75 Å². The summed E-state index contributed by atoms with van der Waals surface area (Å²) in [5.41, 5.74) is 0.642. The molecule has 2 aromatic heterocycles. The Morgan fingerprint density at radius 1 is 1.28 bits per heavy atom. The molecule has 0 bridgehead atoms. The SMILES string of the molecule is CC(O)CNC(=O)c1c(O)c2sccc2n(Cc2ccccc2)c1=O. The van der Waals surface area contributed by atoms with E-state index in [1.807, 2.05) is 30.3 Å². The Kier molecular flexibility index (Phi) is 4.87. The van der Waals surface area contributed by atoms with Crippen molar-refractivity contribution in [2.45, 2.75) is 19.6 Å². The lowest BCUT2D eigenvalue weighted by atomic mass is 10.1. The van der Waals surface area contributed by atoms with Gasteiger partial charge < -0.3 is 20.1 Å². The number of hydrogen-bond acceptors (Lipinski definition) is 5. The molecule has 0 saturated carbocycles. The first-order chi connectivity index (χ1) is 12.0. The molecule has 25 heavy (non-hydrogen) atoms. The van der Waals surface area contributed by atoms with Crippen molar-refractivity contribution in [2.75, 3.05) is 6.54 Å². The van der Waals surface area contributed by atoms with E-state index in [0.29, 0.717) is 16.8 Å². The number of carbonyl (C=O) groups is 1. The molecule has 3 aromatic rings. The highest BCUT2D eigenvalue weighted by molar-refractivity contribution is 7.17. The van der Waals surface area contributed by atoms with Crippen molar-refractivity contribution in [2.24, 2.45) is 0 Å². The molecule has 1 atom stereocenters. The number of fused-ring (bicyclic) bond motifs is 1. The number of rotatable bonds is 5. The average Bonchev–Trinajstić information content (AvgIpc) is 3.08. The monoisotopic (exact) mass is 358 g/mol. The van der Waals surface area contributed by atoms with Gasteiger partial charge in [-0.3, -0.25) is 9.59 Å². The molecule has 0 radical (unpaired) electrons. The van der Waals surface area contributed by atoms with Gasteiger partial charge in [-0.1, -0.05) is 30.3 Å². The molecule has 1 aromatic carbocycles. The number of aliphatic hydroxyl groups is 1. The number of aromatic nitrogens is 1. The van der Waals surface area contributed by atoms with Crippen molar-refractivity contribution in [3.8, 4) is 5.75 Å². The number of nitrogens with zero attached hydrogens (tertiary/aromatic N) is 1. The highest BCUT2D eigenvalue weighted by Crippen LogP contribution is 2.31. The first kappa shape index (κ1) is 17.2. The van der Waals surface area contributed by atoms with Crippen LogP contribution in [0.25, 0.3) is 10.2 Å².